The van der Waals surface area contributed by atoms with Crippen molar-refractivity contribution in [3.8, 4) is 0 Å². The molecular formula is C32H22N2O3. The van der Waals surface area contributed by atoms with E-state index in [1.165, 1.54) is 0 Å². The molecule has 37 heavy (non-hydrogen) atoms. The molecule has 1 fully saturated rings. The fourth-order valence-corrected chi connectivity index (χ4v) is 6.62. The lowest BCUT2D eigenvalue weighted by Gasteiger charge is -2.37. The Morgan fingerprint density at radius 1 is 0.784 bits per heavy atom. The second kappa shape index (κ2) is 7.93. The maximum absolute atomic E-state index is 14.5. The normalized spacial score (nSPS) is 22.6. The van der Waals surface area contributed by atoms with E-state index in [-0.39, 0.29) is 17.3 Å². The zero-order chi connectivity index (χ0) is 25.1. The highest BCUT2D eigenvalue weighted by molar-refractivity contribution is 6.32. The standard InChI is InChI=1S/C32H22N2O3/c35-29(21-10-2-1-3-11-21)28-27(22-12-8-18-33-19-22)32(30(36)23-13-5-6-14-24(23)31(32)37)26-17-16-20-9-4-7-15-25(20)34(26)28/h1-19,26-28H/t26-,27+,28-/m0/s1. The summed E-state index contributed by atoms with van der Waals surface area (Å²) < 4.78 is 0. The van der Waals surface area contributed by atoms with E-state index in [9.17, 15) is 14.4 Å². The van der Waals surface area contributed by atoms with Crippen molar-refractivity contribution < 1.29 is 14.4 Å². The summed E-state index contributed by atoms with van der Waals surface area (Å²) in [5, 5.41) is 0. The maximum Gasteiger partial charge on any atom is 0.185 e. The Bertz CT molecular complexity index is 1570. The highest BCUT2D eigenvalue weighted by atomic mass is 16.2. The average molecular weight is 483 g/mol. The first-order valence-electron chi connectivity index (χ1n) is 12.4. The van der Waals surface area contributed by atoms with Gasteiger partial charge in [-0.05, 0) is 23.3 Å². The van der Waals surface area contributed by atoms with E-state index in [0.29, 0.717) is 22.3 Å². The molecule has 0 saturated carbocycles. The summed E-state index contributed by atoms with van der Waals surface area (Å²) >= 11 is 0. The Morgan fingerprint density at radius 3 is 2.16 bits per heavy atom. The highest BCUT2D eigenvalue weighted by Crippen LogP contribution is 2.60. The number of aromatic nitrogens is 1. The molecule has 3 atom stereocenters. The minimum absolute atomic E-state index is 0.127. The zero-order valence-electron chi connectivity index (χ0n) is 19.8. The molecule has 1 aliphatic carbocycles. The molecule has 7 rings (SSSR count). The minimum atomic E-state index is -1.49. The number of Topliss-reactive ketones (excluding diaryl/α,β-unsaturated/α-hetero) is 3. The molecule has 5 heteroatoms. The summed E-state index contributed by atoms with van der Waals surface area (Å²) in [6, 6.07) is 26.2. The van der Waals surface area contributed by atoms with Gasteiger partial charge in [-0.25, -0.2) is 0 Å². The van der Waals surface area contributed by atoms with E-state index in [4.69, 9.17) is 0 Å². The first-order chi connectivity index (χ1) is 18.1. The molecule has 1 saturated heterocycles. The third-order valence-corrected chi connectivity index (χ3v) is 8.08. The Balaban J connectivity index is 1.56. The van der Waals surface area contributed by atoms with Gasteiger partial charge in [0, 0.05) is 40.7 Å². The SMILES string of the molecule is O=C(c1ccccc1)[C@@H]1[C@@H](c2cccnc2)C2(C(=O)c3ccccc3C2=O)[C@@H]2C=Cc3ccccc3N12. The molecule has 0 unspecified atom stereocenters. The summed E-state index contributed by atoms with van der Waals surface area (Å²) in [5.41, 5.74) is 2.37. The maximum atomic E-state index is 14.5. The number of fused-ring (bicyclic) bond motifs is 5. The molecule has 178 valence electrons. The van der Waals surface area contributed by atoms with Gasteiger partial charge in [0.15, 0.2) is 17.3 Å². The lowest BCUT2D eigenvalue weighted by molar-refractivity contribution is 0.0666. The zero-order valence-corrected chi connectivity index (χ0v) is 19.8. The van der Waals surface area contributed by atoms with Gasteiger partial charge in [0.2, 0.25) is 0 Å². The number of carbonyl (C=O) groups is 3. The smallest absolute Gasteiger partial charge is 0.185 e. The van der Waals surface area contributed by atoms with Crippen molar-refractivity contribution in [2.45, 2.75) is 18.0 Å². The molecule has 5 nitrogen and oxygen atoms in total. The van der Waals surface area contributed by atoms with Gasteiger partial charge in [-0.2, -0.15) is 0 Å². The van der Waals surface area contributed by atoms with E-state index < -0.39 is 23.4 Å². The quantitative estimate of drug-likeness (QED) is 0.289. The summed E-state index contributed by atoms with van der Waals surface area (Å²) in [7, 11) is 0. The lowest BCUT2D eigenvalue weighted by Crippen LogP contribution is -2.48. The molecule has 3 aromatic carbocycles. The van der Waals surface area contributed by atoms with Crippen LogP contribution >= 0.6 is 0 Å². The number of rotatable bonds is 3. The van der Waals surface area contributed by atoms with E-state index in [0.717, 1.165) is 11.3 Å². The number of pyridine rings is 1. The third-order valence-electron chi connectivity index (χ3n) is 8.08. The summed E-state index contributed by atoms with van der Waals surface area (Å²) in [4.78, 5) is 49.7. The predicted molar refractivity (Wildman–Crippen MR) is 141 cm³/mol. The minimum Gasteiger partial charge on any atom is -0.352 e. The van der Waals surface area contributed by atoms with Crippen LogP contribution in [0.1, 0.15) is 48.1 Å². The topological polar surface area (TPSA) is 67.3 Å². The van der Waals surface area contributed by atoms with Crippen LogP contribution in [0.3, 0.4) is 0 Å². The molecule has 0 bridgehead atoms. The van der Waals surface area contributed by atoms with E-state index in [1.807, 2.05) is 65.6 Å². The van der Waals surface area contributed by atoms with Crippen molar-refractivity contribution in [3.63, 3.8) is 0 Å². The van der Waals surface area contributed by atoms with Gasteiger partial charge >= 0.3 is 0 Å². The molecule has 3 heterocycles. The van der Waals surface area contributed by atoms with Crippen LogP contribution in [0.5, 0.6) is 0 Å². The summed E-state index contributed by atoms with van der Waals surface area (Å²) in [6.07, 6.45) is 7.26. The predicted octanol–water partition coefficient (Wildman–Crippen LogP) is 5.40. The van der Waals surface area contributed by atoms with Crippen LogP contribution in [0.2, 0.25) is 0 Å². The number of benzene rings is 3. The molecule has 1 spiro atoms. The molecular weight excluding hydrogens is 460 g/mol. The van der Waals surface area contributed by atoms with E-state index in [2.05, 4.69) is 4.98 Å². The monoisotopic (exact) mass is 482 g/mol. The van der Waals surface area contributed by atoms with Crippen LogP contribution in [0.4, 0.5) is 5.69 Å². The van der Waals surface area contributed by atoms with Crippen LogP contribution in [0, 0.1) is 5.41 Å². The lowest BCUT2D eigenvalue weighted by atomic mass is 9.64. The molecule has 0 amide bonds. The third kappa shape index (κ3) is 2.79. The molecule has 4 aromatic rings. The van der Waals surface area contributed by atoms with Gasteiger partial charge in [0.05, 0.1) is 6.04 Å². The number of hydrogen-bond acceptors (Lipinski definition) is 5. The second-order valence-electron chi connectivity index (χ2n) is 9.78. The number of anilines is 1. The average Bonchev–Trinajstić information content (AvgIpc) is 3.40. The van der Waals surface area contributed by atoms with Crippen molar-refractivity contribution in [2.75, 3.05) is 4.90 Å². The van der Waals surface area contributed by atoms with Gasteiger partial charge in [0.1, 0.15) is 11.5 Å². The summed E-state index contributed by atoms with van der Waals surface area (Å²) in [5.74, 6) is -1.33. The van der Waals surface area contributed by atoms with Crippen molar-refractivity contribution in [2.24, 2.45) is 5.41 Å². The Morgan fingerprint density at radius 2 is 1.46 bits per heavy atom. The van der Waals surface area contributed by atoms with Crippen LogP contribution in [-0.2, 0) is 0 Å². The van der Waals surface area contributed by atoms with Crippen LogP contribution < -0.4 is 4.90 Å². The Kier molecular flexibility index (Phi) is 4.64. The molecule has 3 aliphatic rings. The van der Waals surface area contributed by atoms with Gasteiger partial charge in [-0.1, -0.05) is 91.0 Å². The van der Waals surface area contributed by atoms with Crippen molar-refractivity contribution >= 4 is 29.1 Å². The molecule has 2 aliphatic heterocycles. The molecule has 1 aromatic heterocycles. The Hall–Kier alpha value is -4.64. The van der Waals surface area contributed by atoms with Crippen LogP contribution in [0.25, 0.3) is 6.08 Å². The second-order valence-corrected chi connectivity index (χ2v) is 9.78. The summed E-state index contributed by atoms with van der Waals surface area (Å²) in [6.45, 7) is 0. The number of nitrogens with zero attached hydrogens (tertiary/aromatic N) is 2. The van der Waals surface area contributed by atoms with Crippen molar-refractivity contribution in [1.29, 1.82) is 0 Å². The highest BCUT2D eigenvalue weighted by Gasteiger charge is 2.71. The van der Waals surface area contributed by atoms with Gasteiger partial charge in [0.25, 0.3) is 0 Å². The number of ketones is 3. The number of carbonyl (C=O) groups excluding carboxylic acids is 3. The van der Waals surface area contributed by atoms with Gasteiger partial charge in [-0.15, -0.1) is 0 Å². The fourth-order valence-electron chi connectivity index (χ4n) is 6.62. The van der Waals surface area contributed by atoms with Crippen molar-refractivity contribution in [1.82, 2.24) is 4.98 Å². The van der Waals surface area contributed by atoms with Crippen LogP contribution in [0.15, 0.2) is 109 Å². The number of para-hydroxylation sites is 1. The fraction of sp³-hybridized carbons (Fsp3) is 0.125. The molecule has 0 radical (unpaired) electrons. The molecule has 0 N–H and O–H groups in total. The van der Waals surface area contributed by atoms with Crippen LogP contribution in [-0.4, -0.2) is 34.4 Å². The first kappa shape index (κ1) is 21.6. The Labute approximate surface area is 214 Å². The number of hydrogen-bond donors (Lipinski definition) is 0. The van der Waals surface area contributed by atoms with E-state index in [1.54, 1.807) is 54.9 Å². The first-order valence-corrected chi connectivity index (χ1v) is 12.4. The van der Waals surface area contributed by atoms with E-state index >= 15 is 0 Å². The largest absolute Gasteiger partial charge is 0.352 e. The van der Waals surface area contributed by atoms with Gasteiger partial charge in [-0.3, -0.25) is 19.4 Å². The van der Waals surface area contributed by atoms with Crippen molar-refractivity contribution in [3.05, 3.63) is 137 Å². The van der Waals surface area contributed by atoms with Gasteiger partial charge < -0.3 is 4.90 Å².